The van der Waals surface area contributed by atoms with Crippen molar-refractivity contribution in [3.05, 3.63) is 54.6 Å². The first kappa shape index (κ1) is 19.3. The fraction of sp³-hybridized carbons (Fsp3) is 0.333. The third-order valence-corrected chi connectivity index (χ3v) is 5.84. The molecule has 0 saturated heterocycles. The molecule has 142 valence electrons. The third kappa shape index (κ3) is 6.32. The zero-order chi connectivity index (χ0) is 18.9. The molecule has 6 heteroatoms. The quantitative estimate of drug-likeness (QED) is 0.639. The van der Waals surface area contributed by atoms with E-state index in [9.17, 15) is 9.59 Å². The number of para-hydroxylation sites is 2. The Labute approximate surface area is 164 Å². The molecule has 0 aromatic heterocycles. The molecule has 1 fully saturated rings. The predicted octanol–water partition coefficient (Wildman–Crippen LogP) is 4.87. The Kier molecular flexibility index (Phi) is 7.16. The number of hydrogen-bond donors (Lipinski definition) is 3. The van der Waals surface area contributed by atoms with Crippen LogP contribution in [0.1, 0.15) is 32.1 Å². The van der Waals surface area contributed by atoms with Gasteiger partial charge >= 0.3 is 6.03 Å². The number of carbonyl (C=O) groups excluding carboxylic acids is 2. The summed E-state index contributed by atoms with van der Waals surface area (Å²) >= 11 is 1.86. The first-order chi connectivity index (χ1) is 13.2. The lowest BCUT2D eigenvalue weighted by Crippen LogP contribution is -2.31. The van der Waals surface area contributed by atoms with Crippen molar-refractivity contribution >= 4 is 35.1 Å². The molecule has 3 amide bonds. The van der Waals surface area contributed by atoms with Crippen molar-refractivity contribution in [3.8, 4) is 0 Å². The minimum Gasteiger partial charge on any atom is -0.337 e. The van der Waals surface area contributed by atoms with Crippen LogP contribution in [0.3, 0.4) is 0 Å². The SMILES string of the molecule is O=C(CCNC(=O)Nc1ccccc1)Nc1ccccc1SC1CCCC1. The lowest BCUT2D eigenvalue weighted by atomic mass is 10.3. The first-order valence-corrected chi connectivity index (χ1v) is 10.2. The number of amides is 3. The summed E-state index contributed by atoms with van der Waals surface area (Å²) in [6.45, 7) is 0.280. The maximum Gasteiger partial charge on any atom is 0.319 e. The van der Waals surface area contributed by atoms with Gasteiger partial charge in [-0.2, -0.15) is 0 Å². The van der Waals surface area contributed by atoms with E-state index in [1.165, 1.54) is 25.7 Å². The molecule has 5 nitrogen and oxygen atoms in total. The lowest BCUT2D eigenvalue weighted by Gasteiger charge is -2.14. The molecule has 3 rings (SSSR count). The maximum absolute atomic E-state index is 12.2. The van der Waals surface area contributed by atoms with Crippen molar-refractivity contribution in [3.63, 3.8) is 0 Å². The Morgan fingerprint density at radius 1 is 0.926 bits per heavy atom. The number of carbonyl (C=O) groups is 2. The second kappa shape index (κ2) is 10.0. The summed E-state index contributed by atoms with van der Waals surface area (Å²) < 4.78 is 0. The molecule has 0 spiro atoms. The van der Waals surface area contributed by atoms with Gasteiger partial charge in [0.25, 0.3) is 0 Å². The highest BCUT2D eigenvalue weighted by Crippen LogP contribution is 2.37. The molecule has 2 aromatic carbocycles. The molecular formula is C21H25N3O2S. The van der Waals surface area contributed by atoms with Crippen LogP contribution in [0, 0.1) is 0 Å². The molecule has 3 N–H and O–H groups in total. The van der Waals surface area contributed by atoms with E-state index >= 15 is 0 Å². The summed E-state index contributed by atoms with van der Waals surface area (Å²) in [4.78, 5) is 25.2. The predicted molar refractivity (Wildman–Crippen MR) is 111 cm³/mol. The fourth-order valence-electron chi connectivity index (χ4n) is 3.06. The number of benzene rings is 2. The molecule has 0 bridgehead atoms. The largest absolute Gasteiger partial charge is 0.337 e. The van der Waals surface area contributed by atoms with Crippen LogP contribution in [-0.2, 0) is 4.79 Å². The number of rotatable bonds is 7. The van der Waals surface area contributed by atoms with Gasteiger partial charge in [-0.15, -0.1) is 11.8 Å². The standard InChI is InChI=1S/C21H25N3O2S/c25-20(14-15-22-21(26)23-16-8-2-1-3-9-16)24-18-12-6-7-13-19(18)27-17-10-4-5-11-17/h1-3,6-9,12-13,17H,4-5,10-11,14-15H2,(H,24,25)(H2,22,23,26). The van der Waals surface area contributed by atoms with Crippen molar-refractivity contribution < 1.29 is 9.59 Å². The molecule has 1 aliphatic carbocycles. The van der Waals surface area contributed by atoms with Gasteiger partial charge in [-0.1, -0.05) is 43.2 Å². The molecule has 2 aromatic rings. The van der Waals surface area contributed by atoms with Gasteiger partial charge in [0.2, 0.25) is 5.91 Å². The average molecular weight is 384 g/mol. The summed E-state index contributed by atoms with van der Waals surface area (Å²) in [6.07, 6.45) is 5.30. The number of anilines is 2. The molecule has 0 unspecified atom stereocenters. The molecule has 0 aliphatic heterocycles. The highest BCUT2D eigenvalue weighted by molar-refractivity contribution is 8.00. The smallest absolute Gasteiger partial charge is 0.319 e. The Balaban J connectivity index is 1.43. The van der Waals surface area contributed by atoms with E-state index in [0.29, 0.717) is 5.25 Å². The van der Waals surface area contributed by atoms with Crippen LogP contribution in [0.2, 0.25) is 0 Å². The van der Waals surface area contributed by atoms with Crippen LogP contribution in [0.15, 0.2) is 59.5 Å². The van der Waals surface area contributed by atoms with Crippen LogP contribution in [0.5, 0.6) is 0 Å². The topological polar surface area (TPSA) is 70.2 Å². The van der Waals surface area contributed by atoms with Crippen molar-refractivity contribution in [2.24, 2.45) is 0 Å². The number of thioether (sulfide) groups is 1. The second-order valence-electron chi connectivity index (χ2n) is 6.57. The molecule has 0 atom stereocenters. The zero-order valence-electron chi connectivity index (χ0n) is 15.2. The molecule has 27 heavy (non-hydrogen) atoms. The van der Waals surface area contributed by atoms with Gasteiger partial charge in [0, 0.05) is 28.8 Å². The van der Waals surface area contributed by atoms with E-state index in [1.54, 1.807) is 0 Å². The molecule has 1 aliphatic rings. The van der Waals surface area contributed by atoms with Gasteiger partial charge in [-0.05, 0) is 37.1 Å². The molecule has 1 saturated carbocycles. The van der Waals surface area contributed by atoms with Gasteiger partial charge in [-0.3, -0.25) is 4.79 Å². The van der Waals surface area contributed by atoms with E-state index in [4.69, 9.17) is 0 Å². The molecule has 0 heterocycles. The Hall–Kier alpha value is -2.47. The lowest BCUT2D eigenvalue weighted by molar-refractivity contribution is -0.116. The van der Waals surface area contributed by atoms with Crippen LogP contribution >= 0.6 is 11.8 Å². The summed E-state index contributed by atoms with van der Waals surface area (Å²) in [6, 6.07) is 16.8. The Bertz CT molecular complexity index is 761. The number of nitrogens with one attached hydrogen (secondary N) is 3. The molecule has 0 radical (unpaired) electrons. The normalized spacial score (nSPS) is 13.9. The van der Waals surface area contributed by atoms with E-state index in [1.807, 2.05) is 60.3 Å². The maximum atomic E-state index is 12.2. The number of hydrogen-bond acceptors (Lipinski definition) is 3. The Morgan fingerprint density at radius 3 is 2.41 bits per heavy atom. The molecular weight excluding hydrogens is 358 g/mol. The van der Waals surface area contributed by atoms with Crippen LogP contribution in [-0.4, -0.2) is 23.7 Å². The summed E-state index contributed by atoms with van der Waals surface area (Å²) in [5, 5.41) is 9.06. The third-order valence-electron chi connectivity index (χ3n) is 4.43. The van der Waals surface area contributed by atoms with Crippen LogP contribution < -0.4 is 16.0 Å². The van der Waals surface area contributed by atoms with E-state index in [0.717, 1.165) is 16.3 Å². The summed E-state index contributed by atoms with van der Waals surface area (Å²) in [5.74, 6) is -0.102. The summed E-state index contributed by atoms with van der Waals surface area (Å²) in [5.41, 5.74) is 1.57. The van der Waals surface area contributed by atoms with E-state index in [2.05, 4.69) is 22.0 Å². The Morgan fingerprint density at radius 2 is 1.63 bits per heavy atom. The van der Waals surface area contributed by atoms with Crippen molar-refractivity contribution in [2.75, 3.05) is 17.2 Å². The van der Waals surface area contributed by atoms with Gasteiger partial charge in [0.1, 0.15) is 0 Å². The minimum atomic E-state index is -0.314. The van der Waals surface area contributed by atoms with E-state index < -0.39 is 0 Å². The summed E-state index contributed by atoms with van der Waals surface area (Å²) in [7, 11) is 0. The van der Waals surface area contributed by atoms with Gasteiger partial charge < -0.3 is 16.0 Å². The average Bonchev–Trinajstić information content (AvgIpc) is 3.17. The van der Waals surface area contributed by atoms with Crippen LogP contribution in [0.4, 0.5) is 16.2 Å². The van der Waals surface area contributed by atoms with Gasteiger partial charge in [-0.25, -0.2) is 4.79 Å². The van der Waals surface area contributed by atoms with E-state index in [-0.39, 0.29) is 24.9 Å². The monoisotopic (exact) mass is 383 g/mol. The van der Waals surface area contributed by atoms with Crippen LogP contribution in [0.25, 0.3) is 0 Å². The number of urea groups is 1. The zero-order valence-corrected chi connectivity index (χ0v) is 16.1. The highest BCUT2D eigenvalue weighted by atomic mass is 32.2. The fourth-order valence-corrected chi connectivity index (χ4v) is 4.39. The minimum absolute atomic E-state index is 0.102. The van der Waals surface area contributed by atoms with Gasteiger partial charge in [0.05, 0.1) is 5.69 Å². The van der Waals surface area contributed by atoms with Crippen molar-refractivity contribution in [1.29, 1.82) is 0 Å². The highest BCUT2D eigenvalue weighted by Gasteiger charge is 2.18. The van der Waals surface area contributed by atoms with Gasteiger partial charge in [0.15, 0.2) is 0 Å². The first-order valence-electron chi connectivity index (χ1n) is 9.36. The second-order valence-corrected chi connectivity index (χ2v) is 7.91. The van der Waals surface area contributed by atoms with Crippen molar-refractivity contribution in [1.82, 2.24) is 5.32 Å². The van der Waals surface area contributed by atoms with Crippen molar-refractivity contribution in [2.45, 2.75) is 42.2 Å².